The number of carbonyl (C=O) groups excluding carboxylic acids is 2. The molecule has 0 unspecified atom stereocenters. The Kier molecular flexibility index (Phi) is 5.87. The van der Waals surface area contributed by atoms with Gasteiger partial charge in [-0.15, -0.1) is 0 Å². The molecule has 0 heterocycles. The SMILES string of the molecule is CN[C@H](C=O)CCCNC(=O)c1ccc(N)cc1. The number of likely N-dealkylation sites (N-methyl/N-ethyl adjacent to an activating group) is 1. The van der Waals surface area contributed by atoms with Crippen LogP contribution in [0.1, 0.15) is 23.2 Å². The molecule has 1 aromatic rings. The molecule has 0 aliphatic heterocycles. The van der Waals surface area contributed by atoms with Gasteiger partial charge in [0.15, 0.2) is 0 Å². The Labute approximate surface area is 107 Å². The predicted octanol–water partition coefficient (Wildman–Crippen LogP) is 0.566. The van der Waals surface area contributed by atoms with Gasteiger partial charge < -0.3 is 21.2 Å². The minimum absolute atomic E-state index is 0.123. The van der Waals surface area contributed by atoms with Gasteiger partial charge in [0, 0.05) is 17.8 Å². The van der Waals surface area contributed by atoms with Gasteiger partial charge in [0.2, 0.25) is 0 Å². The predicted molar refractivity (Wildman–Crippen MR) is 71.3 cm³/mol. The summed E-state index contributed by atoms with van der Waals surface area (Å²) in [7, 11) is 1.74. The van der Waals surface area contributed by atoms with Gasteiger partial charge in [0.25, 0.3) is 5.91 Å². The number of anilines is 1. The van der Waals surface area contributed by atoms with Gasteiger partial charge in [-0.25, -0.2) is 0 Å². The standard InChI is InChI=1S/C13H19N3O2/c1-15-12(9-17)3-2-8-16-13(18)10-4-6-11(14)7-5-10/h4-7,9,12,15H,2-3,8,14H2,1H3,(H,16,18)/t12-/m0/s1. The normalized spacial score (nSPS) is 11.8. The highest BCUT2D eigenvalue weighted by Gasteiger charge is 2.06. The number of amides is 1. The van der Waals surface area contributed by atoms with Crippen molar-refractivity contribution in [3.05, 3.63) is 29.8 Å². The van der Waals surface area contributed by atoms with Gasteiger partial charge in [0.1, 0.15) is 6.29 Å². The van der Waals surface area contributed by atoms with Crippen LogP contribution in [0, 0.1) is 0 Å². The lowest BCUT2D eigenvalue weighted by molar-refractivity contribution is -0.109. The molecule has 1 rings (SSSR count). The zero-order valence-corrected chi connectivity index (χ0v) is 10.5. The van der Waals surface area contributed by atoms with E-state index in [0.717, 1.165) is 12.7 Å². The molecule has 5 nitrogen and oxygen atoms in total. The number of nitrogens with one attached hydrogen (secondary N) is 2. The van der Waals surface area contributed by atoms with Gasteiger partial charge in [-0.3, -0.25) is 4.79 Å². The molecule has 0 radical (unpaired) electrons. The van der Waals surface area contributed by atoms with E-state index >= 15 is 0 Å². The van der Waals surface area contributed by atoms with Crippen molar-refractivity contribution in [1.82, 2.24) is 10.6 Å². The first kappa shape index (κ1) is 14.2. The summed E-state index contributed by atoms with van der Waals surface area (Å²) in [6.07, 6.45) is 2.34. The molecule has 98 valence electrons. The van der Waals surface area contributed by atoms with E-state index in [0.29, 0.717) is 24.2 Å². The lowest BCUT2D eigenvalue weighted by Crippen LogP contribution is -2.29. The number of aldehydes is 1. The zero-order valence-electron chi connectivity index (χ0n) is 10.5. The number of nitrogens with two attached hydrogens (primary N) is 1. The maximum atomic E-state index is 11.7. The van der Waals surface area contributed by atoms with Crippen molar-refractivity contribution in [1.29, 1.82) is 0 Å². The fourth-order valence-corrected chi connectivity index (χ4v) is 1.54. The topological polar surface area (TPSA) is 84.2 Å². The molecular weight excluding hydrogens is 230 g/mol. The van der Waals surface area contributed by atoms with E-state index in [-0.39, 0.29) is 11.9 Å². The third kappa shape index (κ3) is 4.55. The van der Waals surface area contributed by atoms with Crippen LogP contribution in [0.25, 0.3) is 0 Å². The third-order valence-corrected chi connectivity index (χ3v) is 2.69. The average molecular weight is 249 g/mol. The Morgan fingerprint density at radius 3 is 2.61 bits per heavy atom. The fraction of sp³-hybridized carbons (Fsp3) is 0.385. The van der Waals surface area contributed by atoms with Crippen LogP contribution in [0.5, 0.6) is 0 Å². The van der Waals surface area contributed by atoms with Gasteiger partial charge >= 0.3 is 0 Å². The molecule has 0 bridgehead atoms. The molecular formula is C13H19N3O2. The van der Waals surface area contributed by atoms with Gasteiger partial charge in [-0.2, -0.15) is 0 Å². The number of rotatable bonds is 7. The van der Waals surface area contributed by atoms with E-state index in [2.05, 4.69) is 10.6 Å². The Hall–Kier alpha value is -1.88. The van der Waals surface area contributed by atoms with E-state index in [4.69, 9.17) is 5.73 Å². The molecule has 18 heavy (non-hydrogen) atoms. The first-order valence-electron chi connectivity index (χ1n) is 5.93. The number of carbonyl (C=O) groups is 2. The van der Waals surface area contributed by atoms with Crippen LogP contribution in [-0.2, 0) is 4.79 Å². The summed E-state index contributed by atoms with van der Waals surface area (Å²) in [4.78, 5) is 22.3. The second-order valence-electron chi connectivity index (χ2n) is 4.05. The van der Waals surface area contributed by atoms with Crippen LogP contribution in [0.4, 0.5) is 5.69 Å². The summed E-state index contributed by atoms with van der Waals surface area (Å²) < 4.78 is 0. The van der Waals surface area contributed by atoms with E-state index < -0.39 is 0 Å². The molecule has 0 saturated carbocycles. The van der Waals surface area contributed by atoms with Crippen molar-refractivity contribution in [2.24, 2.45) is 0 Å². The smallest absolute Gasteiger partial charge is 0.251 e. The molecule has 0 aliphatic carbocycles. The Bertz CT molecular complexity index is 390. The maximum Gasteiger partial charge on any atom is 0.251 e. The lowest BCUT2D eigenvalue weighted by atomic mass is 10.1. The van der Waals surface area contributed by atoms with E-state index in [1.807, 2.05) is 0 Å². The Morgan fingerprint density at radius 1 is 1.39 bits per heavy atom. The molecule has 4 N–H and O–H groups in total. The number of hydrogen-bond acceptors (Lipinski definition) is 4. The van der Waals surface area contributed by atoms with Crippen molar-refractivity contribution >= 4 is 17.9 Å². The van der Waals surface area contributed by atoms with E-state index in [9.17, 15) is 9.59 Å². The number of hydrogen-bond donors (Lipinski definition) is 3. The minimum atomic E-state index is -0.140. The van der Waals surface area contributed by atoms with Crippen molar-refractivity contribution in [3.63, 3.8) is 0 Å². The summed E-state index contributed by atoms with van der Waals surface area (Å²) in [5.41, 5.74) is 6.76. The van der Waals surface area contributed by atoms with E-state index in [1.54, 1.807) is 31.3 Å². The zero-order chi connectivity index (χ0) is 13.4. The first-order valence-corrected chi connectivity index (χ1v) is 5.93. The first-order chi connectivity index (χ1) is 8.67. The van der Waals surface area contributed by atoms with Crippen molar-refractivity contribution in [3.8, 4) is 0 Å². The van der Waals surface area contributed by atoms with Crippen LogP contribution in [-0.4, -0.2) is 31.8 Å². The number of nitrogen functional groups attached to an aromatic ring is 1. The molecule has 0 fully saturated rings. The van der Waals surface area contributed by atoms with Crippen LogP contribution < -0.4 is 16.4 Å². The van der Waals surface area contributed by atoms with Crippen LogP contribution in [0.15, 0.2) is 24.3 Å². The highest BCUT2D eigenvalue weighted by Crippen LogP contribution is 2.05. The second-order valence-corrected chi connectivity index (χ2v) is 4.05. The lowest BCUT2D eigenvalue weighted by Gasteiger charge is -2.09. The van der Waals surface area contributed by atoms with Crippen LogP contribution >= 0.6 is 0 Å². The second kappa shape index (κ2) is 7.45. The largest absolute Gasteiger partial charge is 0.399 e. The Morgan fingerprint density at radius 2 is 2.06 bits per heavy atom. The highest BCUT2D eigenvalue weighted by molar-refractivity contribution is 5.94. The maximum absolute atomic E-state index is 11.7. The molecule has 1 aromatic carbocycles. The van der Waals surface area contributed by atoms with E-state index in [1.165, 1.54) is 0 Å². The molecule has 0 saturated heterocycles. The minimum Gasteiger partial charge on any atom is -0.399 e. The molecule has 1 atom stereocenters. The van der Waals surface area contributed by atoms with Crippen molar-refractivity contribution < 1.29 is 9.59 Å². The van der Waals surface area contributed by atoms with Crippen molar-refractivity contribution in [2.75, 3.05) is 19.3 Å². The van der Waals surface area contributed by atoms with Crippen LogP contribution in [0.2, 0.25) is 0 Å². The highest BCUT2D eigenvalue weighted by atomic mass is 16.1. The van der Waals surface area contributed by atoms with Gasteiger partial charge in [0.05, 0.1) is 6.04 Å². The van der Waals surface area contributed by atoms with Gasteiger partial charge in [-0.05, 0) is 44.2 Å². The molecule has 1 amide bonds. The summed E-state index contributed by atoms with van der Waals surface area (Å²) in [5, 5.41) is 5.68. The molecule has 5 heteroatoms. The molecule has 0 aliphatic rings. The fourth-order valence-electron chi connectivity index (χ4n) is 1.54. The summed E-state index contributed by atoms with van der Waals surface area (Å²) >= 11 is 0. The summed E-state index contributed by atoms with van der Waals surface area (Å²) in [5.74, 6) is -0.123. The van der Waals surface area contributed by atoms with Gasteiger partial charge in [-0.1, -0.05) is 0 Å². The average Bonchev–Trinajstić information content (AvgIpc) is 2.39. The summed E-state index contributed by atoms with van der Waals surface area (Å²) in [6, 6.07) is 6.62. The third-order valence-electron chi connectivity index (χ3n) is 2.69. The Balaban J connectivity index is 2.29. The number of benzene rings is 1. The summed E-state index contributed by atoms with van der Waals surface area (Å²) in [6.45, 7) is 0.551. The van der Waals surface area contributed by atoms with Crippen LogP contribution in [0.3, 0.4) is 0 Å². The van der Waals surface area contributed by atoms with Crippen molar-refractivity contribution in [2.45, 2.75) is 18.9 Å². The molecule has 0 spiro atoms. The molecule has 0 aromatic heterocycles. The monoisotopic (exact) mass is 249 g/mol. The quantitative estimate of drug-likeness (QED) is 0.374.